The van der Waals surface area contributed by atoms with E-state index in [9.17, 15) is 4.79 Å². The van der Waals surface area contributed by atoms with Crippen molar-refractivity contribution in [1.29, 1.82) is 0 Å². The average Bonchev–Trinajstić information content (AvgIpc) is 3.06. The molecule has 2 unspecified atom stereocenters. The van der Waals surface area contributed by atoms with Gasteiger partial charge in [-0.2, -0.15) is 0 Å². The van der Waals surface area contributed by atoms with Gasteiger partial charge in [-0.15, -0.1) is 0 Å². The minimum Gasteiger partial charge on any atom is -0.494 e. The molecule has 2 atom stereocenters. The number of hydrogen-bond acceptors (Lipinski definition) is 6. The highest BCUT2D eigenvalue weighted by Crippen LogP contribution is 2.47. The maximum Gasteiger partial charge on any atom is 0.167 e. The quantitative estimate of drug-likeness (QED) is 0.371. The van der Waals surface area contributed by atoms with Gasteiger partial charge in [-0.3, -0.25) is 4.79 Å². The van der Waals surface area contributed by atoms with Crippen molar-refractivity contribution in [2.24, 2.45) is 0 Å². The predicted octanol–water partition coefficient (Wildman–Crippen LogP) is 6.86. The Labute approximate surface area is 218 Å². The summed E-state index contributed by atoms with van der Waals surface area (Å²) < 4.78 is 17.5. The molecule has 3 aromatic rings. The third kappa shape index (κ3) is 5.01. The van der Waals surface area contributed by atoms with E-state index in [-0.39, 0.29) is 23.8 Å². The Kier molecular flexibility index (Phi) is 7.08. The van der Waals surface area contributed by atoms with Crippen LogP contribution >= 0.6 is 0 Å². The van der Waals surface area contributed by atoms with E-state index in [0.717, 1.165) is 45.9 Å². The van der Waals surface area contributed by atoms with E-state index in [0.29, 0.717) is 24.5 Å². The summed E-state index contributed by atoms with van der Waals surface area (Å²) in [5, 5.41) is 7.26. The topological polar surface area (TPSA) is 68.8 Å². The number of hydrogen-bond donors (Lipinski definition) is 2. The van der Waals surface area contributed by atoms with Crippen LogP contribution in [0.1, 0.15) is 56.7 Å². The Hall–Kier alpha value is -3.93. The van der Waals surface area contributed by atoms with Crippen LogP contribution in [0.2, 0.25) is 0 Å². The Balaban J connectivity index is 1.60. The first-order chi connectivity index (χ1) is 18.0. The summed E-state index contributed by atoms with van der Waals surface area (Å²) in [5.74, 6) is 2.35. The predicted molar refractivity (Wildman–Crippen MR) is 147 cm³/mol. The molecule has 0 saturated carbocycles. The van der Waals surface area contributed by atoms with Gasteiger partial charge in [-0.25, -0.2) is 0 Å². The van der Waals surface area contributed by atoms with Gasteiger partial charge in [0, 0.05) is 23.3 Å². The van der Waals surface area contributed by atoms with Gasteiger partial charge in [-0.1, -0.05) is 36.4 Å². The Morgan fingerprint density at radius 1 is 0.946 bits per heavy atom. The lowest BCUT2D eigenvalue weighted by Gasteiger charge is -2.31. The van der Waals surface area contributed by atoms with Gasteiger partial charge in [0.2, 0.25) is 0 Å². The van der Waals surface area contributed by atoms with Crippen molar-refractivity contribution in [3.05, 3.63) is 89.1 Å². The first-order valence-electron chi connectivity index (χ1n) is 12.9. The fourth-order valence-electron chi connectivity index (χ4n) is 5.25. The highest BCUT2D eigenvalue weighted by atomic mass is 16.5. The minimum absolute atomic E-state index is 0.0502. The zero-order valence-electron chi connectivity index (χ0n) is 21.8. The summed E-state index contributed by atoms with van der Waals surface area (Å²) in [5.41, 5.74) is 5.60. The number of carbonyl (C=O) groups is 1. The van der Waals surface area contributed by atoms with Gasteiger partial charge < -0.3 is 24.8 Å². The van der Waals surface area contributed by atoms with Crippen molar-refractivity contribution >= 4 is 17.2 Å². The number of anilines is 2. The van der Waals surface area contributed by atoms with Crippen LogP contribution in [-0.2, 0) is 4.79 Å². The number of allylic oxidation sites excluding steroid dienone is 1. The first-order valence-corrected chi connectivity index (χ1v) is 12.9. The van der Waals surface area contributed by atoms with Gasteiger partial charge >= 0.3 is 0 Å². The number of fused-ring (bicyclic) bond motifs is 1. The molecule has 0 saturated heterocycles. The zero-order chi connectivity index (χ0) is 25.9. The summed E-state index contributed by atoms with van der Waals surface area (Å²) >= 11 is 0. The van der Waals surface area contributed by atoms with Crippen LogP contribution in [0.15, 0.2) is 78.0 Å². The van der Waals surface area contributed by atoms with Crippen LogP contribution in [0.3, 0.4) is 0 Å². The molecular weight excluding hydrogens is 464 g/mol. The van der Waals surface area contributed by atoms with Crippen molar-refractivity contribution in [3.8, 4) is 17.2 Å². The molecule has 5 rings (SSSR count). The molecule has 37 heavy (non-hydrogen) atoms. The molecule has 1 aliphatic carbocycles. The highest BCUT2D eigenvalue weighted by molar-refractivity contribution is 6.01. The molecule has 0 bridgehead atoms. The van der Waals surface area contributed by atoms with Crippen molar-refractivity contribution in [2.45, 2.75) is 51.7 Å². The minimum atomic E-state index is -0.385. The van der Waals surface area contributed by atoms with Crippen LogP contribution in [0.4, 0.5) is 11.4 Å². The molecular formula is C31H34N2O4. The Morgan fingerprint density at radius 3 is 2.41 bits per heavy atom. The molecule has 0 aromatic heterocycles. The molecule has 0 radical (unpaired) electrons. The normalized spacial score (nSPS) is 18.8. The van der Waals surface area contributed by atoms with Gasteiger partial charge in [0.15, 0.2) is 17.3 Å². The molecule has 0 spiro atoms. The van der Waals surface area contributed by atoms with E-state index in [1.807, 2.05) is 75.4 Å². The van der Waals surface area contributed by atoms with Gasteiger partial charge in [-0.05, 0) is 69.0 Å². The molecule has 0 fully saturated rings. The number of carbonyl (C=O) groups excluding carboxylic acids is 1. The molecule has 3 aromatic carbocycles. The molecule has 0 amide bonds. The van der Waals surface area contributed by atoms with E-state index in [4.69, 9.17) is 14.2 Å². The lowest BCUT2D eigenvalue weighted by atomic mass is 9.78. The van der Waals surface area contributed by atoms with E-state index in [1.165, 1.54) is 0 Å². The molecule has 2 N–H and O–H groups in total. The summed E-state index contributed by atoms with van der Waals surface area (Å²) in [6, 6.07) is 21.7. The number of methoxy groups -OCH3 is 1. The molecule has 1 aliphatic heterocycles. The summed E-state index contributed by atoms with van der Waals surface area (Å²) in [4.78, 5) is 13.9. The zero-order valence-corrected chi connectivity index (χ0v) is 21.8. The number of rotatable bonds is 7. The van der Waals surface area contributed by atoms with E-state index < -0.39 is 0 Å². The van der Waals surface area contributed by atoms with Crippen LogP contribution in [0.25, 0.3) is 0 Å². The van der Waals surface area contributed by atoms with Crippen molar-refractivity contribution in [2.75, 3.05) is 24.4 Å². The van der Waals surface area contributed by atoms with E-state index in [1.54, 1.807) is 7.11 Å². The lowest BCUT2D eigenvalue weighted by Crippen LogP contribution is -2.27. The maximum absolute atomic E-state index is 13.9. The van der Waals surface area contributed by atoms with Gasteiger partial charge in [0.05, 0.1) is 37.2 Å². The monoisotopic (exact) mass is 498 g/mol. The van der Waals surface area contributed by atoms with Crippen molar-refractivity contribution in [3.63, 3.8) is 0 Å². The van der Waals surface area contributed by atoms with Crippen LogP contribution in [0, 0.1) is 0 Å². The summed E-state index contributed by atoms with van der Waals surface area (Å²) in [7, 11) is 1.64. The fraction of sp³-hybridized carbons (Fsp3) is 0.323. The summed E-state index contributed by atoms with van der Waals surface area (Å²) in [6.07, 6.45) is 1.12. The smallest absolute Gasteiger partial charge is 0.167 e. The third-order valence-electron chi connectivity index (χ3n) is 6.87. The van der Waals surface area contributed by atoms with Crippen LogP contribution < -0.4 is 24.8 Å². The summed E-state index contributed by atoms with van der Waals surface area (Å²) in [6.45, 7) is 6.58. The maximum atomic E-state index is 13.9. The largest absolute Gasteiger partial charge is 0.494 e. The third-order valence-corrected chi connectivity index (χ3v) is 6.87. The van der Waals surface area contributed by atoms with E-state index >= 15 is 0 Å². The molecule has 1 heterocycles. The molecule has 6 nitrogen and oxygen atoms in total. The number of Topliss-reactive ketones (excluding diaryl/α,β-unsaturated/α-hetero) is 1. The second-order valence-electron chi connectivity index (χ2n) is 9.72. The fourth-order valence-corrected chi connectivity index (χ4v) is 5.25. The second-order valence-corrected chi connectivity index (χ2v) is 9.72. The second kappa shape index (κ2) is 10.6. The molecule has 2 aliphatic rings. The molecule has 6 heteroatoms. The Bertz CT molecular complexity index is 1310. The molecule has 192 valence electrons. The van der Waals surface area contributed by atoms with Crippen molar-refractivity contribution < 1.29 is 19.0 Å². The average molecular weight is 499 g/mol. The van der Waals surface area contributed by atoms with E-state index in [2.05, 4.69) is 22.8 Å². The van der Waals surface area contributed by atoms with Crippen molar-refractivity contribution in [1.82, 2.24) is 0 Å². The Morgan fingerprint density at radius 2 is 1.70 bits per heavy atom. The number of ether oxygens (including phenoxy) is 3. The number of benzene rings is 3. The first kappa shape index (κ1) is 24.8. The van der Waals surface area contributed by atoms with Crippen LogP contribution in [-0.4, -0.2) is 25.6 Å². The van der Waals surface area contributed by atoms with Crippen LogP contribution in [0.5, 0.6) is 17.2 Å². The number of nitrogens with one attached hydrogen (secondary N) is 2. The SMILES string of the molecule is CCOc1ccc(C2CC(=O)C3=C(C2)Nc2ccccc2NC3c2cccc(OC)c2OC(C)C)cc1. The standard InChI is InChI=1S/C31H34N2O4/c1-5-36-22-15-13-20(14-16-22)21-17-26-29(27(34)18-21)30(33-25-11-7-6-10-24(25)32-26)23-9-8-12-28(35-4)31(23)37-19(2)3/h6-16,19,21,30,32-33H,5,17-18H2,1-4H3. The lowest BCUT2D eigenvalue weighted by molar-refractivity contribution is -0.116. The highest BCUT2D eigenvalue weighted by Gasteiger charge is 2.37. The van der Waals surface area contributed by atoms with Gasteiger partial charge in [0.25, 0.3) is 0 Å². The number of para-hydroxylation sites is 3. The number of ketones is 1. The van der Waals surface area contributed by atoms with Gasteiger partial charge in [0.1, 0.15) is 5.75 Å².